The van der Waals surface area contributed by atoms with E-state index in [1.54, 1.807) is 4.57 Å². The van der Waals surface area contributed by atoms with Crippen LogP contribution in [0.1, 0.15) is 38.0 Å². The lowest BCUT2D eigenvalue weighted by Crippen LogP contribution is -2.36. The van der Waals surface area contributed by atoms with Crippen LogP contribution in [0.3, 0.4) is 0 Å². The monoisotopic (exact) mass is 422 g/mol. The molecule has 0 atom stereocenters. The standard InChI is InChI=1S/C22H17F3N6/c1-4-16-29-30-21-22(2,3)28-15-7-14(24)17(18(25)20(15)31(16)21)13-6-11(23)5-12-10(8-26)9-27-19(12)13/h5-7,9,27-28H,4H2,1-3H3. The van der Waals surface area contributed by atoms with Gasteiger partial charge in [0.25, 0.3) is 0 Å². The normalized spacial score (nSPS) is 14.1. The molecule has 0 saturated carbocycles. The van der Waals surface area contributed by atoms with Crippen LogP contribution in [0, 0.1) is 28.8 Å². The number of nitrogens with one attached hydrogen (secondary N) is 2. The molecule has 31 heavy (non-hydrogen) atoms. The van der Waals surface area contributed by atoms with E-state index in [9.17, 15) is 9.65 Å². The Morgan fingerprint density at radius 3 is 2.65 bits per heavy atom. The molecule has 9 heteroatoms. The minimum Gasteiger partial charge on any atom is -0.371 e. The van der Waals surface area contributed by atoms with Gasteiger partial charge in [0.05, 0.1) is 27.9 Å². The summed E-state index contributed by atoms with van der Waals surface area (Å²) in [7, 11) is 0. The van der Waals surface area contributed by atoms with E-state index in [2.05, 4.69) is 20.5 Å². The van der Waals surface area contributed by atoms with Gasteiger partial charge in [-0.2, -0.15) is 5.26 Å². The first-order valence-corrected chi connectivity index (χ1v) is 9.73. The maximum Gasteiger partial charge on any atom is 0.162 e. The summed E-state index contributed by atoms with van der Waals surface area (Å²) in [6, 6.07) is 5.37. The number of benzene rings is 2. The number of rotatable bonds is 2. The van der Waals surface area contributed by atoms with Crippen molar-refractivity contribution in [2.75, 3.05) is 5.32 Å². The van der Waals surface area contributed by atoms with Gasteiger partial charge in [-0.25, -0.2) is 13.2 Å². The highest BCUT2D eigenvalue weighted by Gasteiger charge is 2.38. The van der Waals surface area contributed by atoms with Gasteiger partial charge >= 0.3 is 0 Å². The van der Waals surface area contributed by atoms with Gasteiger partial charge in [-0.3, -0.25) is 4.57 Å². The Bertz CT molecular complexity index is 1420. The number of H-pyrrole nitrogens is 1. The summed E-state index contributed by atoms with van der Waals surface area (Å²) < 4.78 is 47.3. The lowest BCUT2D eigenvalue weighted by atomic mass is 9.95. The average molecular weight is 422 g/mol. The van der Waals surface area contributed by atoms with Gasteiger partial charge in [-0.05, 0) is 26.0 Å². The van der Waals surface area contributed by atoms with Crippen molar-refractivity contribution in [2.24, 2.45) is 0 Å². The second kappa shape index (κ2) is 6.35. The van der Waals surface area contributed by atoms with Crippen LogP contribution in [0.5, 0.6) is 0 Å². The number of nitrogens with zero attached hydrogens (tertiary/aromatic N) is 4. The minimum atomic E-state index is -0.867. The van der Waals surface area contributed by atoms with Crippen molar-refractivity contribution in [3.8, 4) is 22.9 Å². The molecule has 0 amide bonds. The van der Waals surface area contributed by atoms with Crippen molar-refractivity contribution in [3.63, 3.8) is 0 Å². The first-order valence-electron chi connectivity index (χ1n) is 9.73. The SMILES string of the molecule is CCc1nnc2n1-c1c(cc(F)c(-c3cc(F)cc4c(C#N)c[nH]c34)c1F)NC2(C)C. The molecule has 2 aromatic carbocycles. The number of anilines is 1. The molecule has 0 saturated heterocycles. The fourth-order valence-corrected chi connectivity index (χ4v) is 4.23. The summed E-state index contributed by atoms with van der Waals surface area (Å²) in [5.74, 6) is -1.40. The van der Waals surface area contributed by atoms with Crippen molar-refractivity contribution >= 4 is 16.6 Å². The van der Waals surface area contributed by atoms with Crippen LogP contribution in [0.15, 0.2) is 24.4 Å². The summed E-state index contributed by atoms with van der Waals surface area (Å²) in [4.78, 5) is 2.85. The number of halogens is 3. The molecule has 2 N–H and O–H groups in total. The van der Waals surface area contributed by atoms with Crippen LogP contribution in [0.4, 0.5) is 18.9 Å². The topological polar surface area (TPSA) is 82.3 Å². The maximum atomic E-state index is 16.0. The van der Waals surface area contributed by atoms with E-state index < -0.39 is 28.6 Å². The molecule has 2 aromatic heterocycles. The van der Waals surface area contributed by atoms with Crippen molar-refractivity contribution in [3.05, 3.63) is 59.1 Å². The zero-order valence-electron chi connectivity index (χ0n) is 16.9. The Morgan fingerprint density at radius 2 is 1.94 bits per heavy atom. The molecule has 0 fully saturated rings. The van der Waals surface area contributed by atoms with Crippen LogP contribution in [0.2, 0.25) is 0 Å². The highest BCUT2D eigenvalue weighted by molar-refractivity contribution is 5.98. The zero-order chi connectivity index (χ0) is 22.1. The van der Waals surface area contributed by atoms with E-state index in [4.69, 9.17) is 0 Å². The van der Waals surface area contributed by atoms with Gasteiger partial charge in [-0.15, -0.1) is 10.2 Å². The predicted octanol–water partition coefficient (Wildman–Crippen LogP) is 4.93. The lowest BCUT2D eigenvalue weighted by Gasteiger charge is -2.34. The molecule has 0 radical (unpaired) electrons. The second-order valence-electron chi connectivity index (χ2n) is 8.01. The van der Waals surface area contributed by atoms with Crippen molar-refractivity contribution in [1.82, 2.24) is 19.7 Å². The molecule has 156 valence electrons. The molecule has 3 heterocycles. The molecule has 0 aliphatic carbocycles. The van der Waals surface area contributed by atoms with Gasteiger partial charge in [-0.1, -0.05) is 6.92 Å². The maximum absolute atomic E-state index is 16.0. The summed E-state index contributed by atoms with van der Waals surface area (Å²) in [6.07, 6.45) is 1.88. The number of nitriles is 1. The predicted molar refractivity (Wildman–Crippen MR) is 109 cm³/mol. The van der Waals surface area contributed by atoms with Crippen LogP contribution in [0.25, 0.3) is 27.7 Å². The third-order valence-corrected chi connectivity index (χ3v) is 5.61. The molecule has 4 aromatic rings. The summed E-state index contributed by atoms with van der Waals surface area (Å²) >= 11 is 0. The molecular formula is C22H17F3N6. The third-order valence-electron chi connectivity index (χ3n) is 5.61. The molecule has 6 nitrogen and oxygen atoms in total. The van der Waals surface area contributed by atoms with Gasteiger partial charge in [0, 0.05) is 29.6 Å². The number of hydrogen-bond acceptors (Lipinski definition) is 4. The first-order chi connectivity index (χ1) is 14.8. The smallest absolute Gasteiger partial charge is 0.162 e. The highest BCUT2D eigenvalue weighted by Crippen LogP contribution is 2.43. The van der Waals surface area contributed by atoms with Gasteiger partial charge in [0.2, 0.25) is 0 Å². The fraction of sp³-hybridized carbons (Fsp3) is 0.227. The van der Waals surface area contributed by atoms with Crippen LogP contribution in [-0.2, 0) is 12.0 Å². The molecule has 1 aliphatic rings. The van der Waals surface area contributed by atoms with E-state index in [0.717, 1.165) is 6.07 Å². The molecule has 0 spiro atoms. The van der Waals surface area contributed by atoms with Gasteiger partial charge in [0.15, 0.2) is 11.6 Å². The zero-order valence-corrected chi connectivity index (χ0v) is 16.9. The average Bonchev–Trinajstić information content (AvgIpc) is 3.31. The highest BCUT2D eigenvalue weighted by atomic mass is 19.1. The fourth-order valence-electron chi connectivity index (χ4n) is 4.23. The number of aromatic amines is 1. The Labute approximate surface area is 175 Å². The summed E-state index contributed by atoms with van der Waals surface area (Å²) in [5, 5.41) is 21.0. The van der Waals surface area contributed by atoms with Crippen molar-refractivity contribution in [1.29, 1.82) is 5.26 Å². The van der Waals surface area contributed by atoms with Gasteiger partial charge in [0.1, 0.15) is 29.2 Å². The first kappa shape index (κ1) is 19.2. The Hall–Kier alpha value is -3.80. The number of aryl methyl sites for hydroxylation is 1. The number of fused-ring (bicyclic) bond motifs is 4. The Morgan fingerprint density at radius 1 is 1.16 bits per heavy atom. The van der Waals surface area contributed by atoms with E-state index in [1.807, 2.05) is 26.8 Å². The van der Waals surface area contributed by atoms with Crippen LogP contribution >= 0.6 is 0 Å². The molecule has 1 aliphatic heterocycles. The number of hydrogen-bond donors (Lipinski definition) is 2. The van der Waals surface area contributed by atoms with E-state index >= 15 is 8.78 Å². The molecular weight excluding hydrogens is 405 g/mol. The van der Waals surface area contributed by atoms with Crippen molar-refractivity contribution in [2.45, 2.75) is 32.7 Å². The van der Waals surface area contributed by atoms with Crippen molar-refractivity contribution < 1.29 is 13.2 Å². The Balaban J connectivity index is 1.87. The molecule has 0 bridgehead atoms. The second-order valence-corrected chi connectivity index (χ2v) is 8.01. The number of aromatic nitrogens is 4. The summed E-state index contributed by atoms with van der Waals surface area (Å²) in [5.41, 5.74) is -0.308. The Kier molecular flexibility index (Phi) is 3.93. The largest absolute Gasteiger partial charge is 0.371 e. The molecule has 5 rings (SSSR count). The van der Waals surface area contributed by atoms with E-state index in [-0.39, 0.29) is 33.4 Å². The quantitative estimate of drug-likeness (QED) is 0.480. The molecule has 0 unspecified atom stereocenters. The van der Waals surface area contributed by atoms with Crippen LogP contribution < -0.4 is 5.32 Å². The summed E-state index contributed by atoms with van der Waals surface area (Å²) in [6.45, 7) is 5.56. The van der Waals surface area contributed by atoms with Crippen LogP contribution in [-0.4, -0.2) is 19.7 Å². The minimum absolute atomic E-state index is 0.00759. The van der Waals surface area contributed by atoms with Gasteiger partial charge < -0.3 is 10.3 Å². The van der Waals surface area contributed by atoms with E-state index in [0.29, 0.717) is 18.1 Å². The third kappa shape index (κ3) is 2.57. The van der Waals surface area contributed by atoms with E-state index in [1.165, 1.54) is 18.3 Å². The lowest BCUT2D eigenvalue weighted by molar-refractivity contribution is 0.515.